The van der Waals surface area contributed by atoms with Crippen LogP contribution in [0.1, 0.15) is 5.56 Å². The quantitative estimate of drug-likeness (QED) is 0.308. The van der Waals surface area contributed by atoms with Crippen molar-refractivity contribution in [3.63, 3.8) is 0 Å². The van der Waals surface area contributed by atoms with E-state index in [0.29, 0.717) is 19.0 Å². The minimum absolute atomic E-state index is 0.666. The number of carboxylic acid groups (broad SMARTS) is 1. The molecule has 1 fully saturated rings. The van der Waals surface area contributed by atoms with Crippen LogP contribution in [0.5, 0.6) is 0 Å². The van der Waals surface area contributed by atoms with Crippen LogP contribution in [0.3, 0.4) is 0 Å². The zero-order valence-corrected chi connectivity index (χ0v) is 20.9. The molecule has 0 unspecified atom stereocenters. The second kappa shape index (κ2) is 9.64. The zero-order valence-electron chi connectivity index (χ0n) is 20.1. The van der Waals surface area contributed by atoms with E-state index >= 15 is 0 Å². The first-order valence-corrected chi connectivity index (χ1v) is 12.7. The SMILES string of the molecule is CN(c1ccc(C=CC(=O)O)cc1)c1cc2nc(-c3cccc4[nH]ncc34)nc(N3CCOCC3)c2s1. The van der Waals surface area contributed by atoms with Crippen LogP contribution in [0, 0.1) is 0 Å². The minimum Gasteiger partial charge on any atom is -0.478 e. The molecule has 6 rings (SSSR count). The van der Waals surface area contributed by atoms with Crippen LogP contribution < -0.4 is 9.80 Å². The molecule has 1 saturated heterocycles. The fraction of sp³-hybridized carbons (Fsp3) is 0.185. The largest absolute Gasteiger partial charge is 0.478 e. The lowest BCUT2D eigenvalue weighted by Crippen LogP contribution is -2.36. The second-order valence-corrected chi connectivity index (χ2v) is 9.76. The number of nitrogens with zero attached hydrogens (tertiary/aromatic N) is 5. The number of aromatic amines is 1. The number of carbonyl (C=O) groups is 1. The lowest BCUT2D eigenvalue weighted by atomic mass is 10.1. The van der Waals surface area contributed by atoms with Gasteiger partial charge in [0.1, 0.15) is 0 Å². The maximum Gasteiger partial charge on any atom is 0.328 e. The Bertz CT molecular complexity index is 1620. The van der Waals surface area contributed by atoms with Gasteiger partial charge in [0.05, 0.1) is 40.1 Å². The summed E-state index contributed by atoms with van der Waals surface area (Å²) in [5.74, 6) is 0.622. The number of benzene rings is 2. The zero-order chi connectivity index (χ0) is 25.4. The maximum absolute atomic E-state index is 10.8. The summed E-state index contributed by atoms with van der Waals surface area (Å²) in [5.41, 5.74) is 4.59. The Balaban J connectivity index is 1.42. The number of hydrogen-bond acceptors (Lipinski definition) is 8. The van der Waals surface area contributed by atoms with Gasteiger partial charge >= 0.3 is 5.97 Å². The van der Waals surface area contributed by atoms with E-state index in [1.54, 1.807) is 17.4 Å². The smallest absolute Gasteiger partial charge is 0.328 e. The molecule has 2 N–H and O–H groups in total. The predicted octanol–water partition coefficient (Wildman–Crippen LogP) is 4.94. The van der Waals surface area contributed by atoms with Crippen molar-refractivity contribution in [1.82, 2.24) is 20.2 Å². The number of aromatic nitrogens is 4. The highest BCUT2D eigenvalue weighted by molar-refractivity contribution is 7.23. The third kappa shape index (κ3) is 4.52. The molecule has 0 radical (unpaired) electrons. The molecule has 37 heavy (non-hydrogen) atoms. The van der Waals surface area contributed by atoms with Crippen LogP contribution in [-0.2, 0) is 9.53 Å². The molecule has 0 spiro atoms. The number of hydrogen-bond donors (Lipinski definition) is 2. The standard InChI is InChI=1S/C27H24N6O3S/c1-32(18-8-5-17(6-9-18)7-10-24(34)35)23-15-22-25(37-23)27(33-11-13-36-14-12-33)30-26(29-22)19-3-2-4-21-20(19)16-28-31-21/h2-10,15-16H,11-14H2,1H3,(H,28,31)(H,34,35). The first-order chi connectivity index (χ1) is 18.1. The molecule has 5 aromatic rings. The van der Waals surface area contributed by atoms with E-state index in [2.05, 4.69) is 26.1 Å². The fourth-order valence-electron chi connectivity index (χ4n) is 4.44. The van der Waals surface area contributed by atoms with Crippen LogP contribution in [0.2, 0.25) is 0 Å². The molecule has 0 atom stereocenters. The van der Waals surface area contributed by atoms with Gasteiger partial charge in [0.2, 0.25) is 0 Å². The van der Waals surface area contributed by atoms with Crippen molar-refractivity contribution in [2.75, 3.05) is 43.2 Å². The van der Waals surface area contributed by atoms with Gasteiger partial charge in [-0.15, -0.1) is 11.3 Å². The highest BCUT2D eigenvalue weighted by Gasteiger charge is 2.22. The summed E-state index contributed by atoms with van der Waals surface area (Å²) in [7, 11) is 2.02. The van der Waals surface area contributed by atoms with E-state index in [9.17, 15) is 4.79 Å². The van der Waals surface area contributed by atoms with Crippen LogP contribution in [-0.4, -0.2) is 64.6 Å². The van der Waals surface area contributed by atoms with Crippen LogP contribution >= 0.6 is 11.3 Å². The Labute approximate surface area is 216 Å². The van der Waals surface area contributed by atoms with Gasteiger partial charge in [-0.05, 0) is 35.9 Å². The molecule has 0 saturated carbocycles. The number of thiophene rings is 1. The molecule has 186 valence electrons. The van der Waals surface area contributed by atoms with E-state index in [-0.39, 0.29) is 0 Å². The van der Waals surface area contributed by atoms with E-state index in [1.807, 2.05) is 55.7 Å². The van der Waals surface area contributed by atoms with Crippen molar-refractivity contribution in [2.24, 2.45) is 0 Å². The number of morpholine rings is 1. The summed E-state index contributed by atoms with van der Waals surface area (Å²) >= 11 is 1.66. The van der Waals surface area contributed by atoms with Gasteiger partial charge < -0.3 is 19.6 Å². The van der Waals surface area contributed by atoms with E-state index < -0.39 is 5.97 Å². The maximum atomic E-state index is 10.8. The van der Waals surface area contributed by atoms with Crippen molar-refractivity contribution in [3.05, 3.63) is 66.4 Å². The Kier molecular flexibility index (Phi) is 6.03. The van der Waals surface area contributed by atoms with Crippen molar-refractivity contribution < 1.29 is 14.6 Å². The number of fused-ring (bicyclic) bond motifs is 2. The number of rotatable bonds is 6. The topological polar surface area (TPSA) is 107 Å². The van der Waals surface area contributed by atoms with Crippen molar-refractivity contribution in [1.29, 1.82) is 0 Å². The first-order valence-electron chi connectivity index (χ1n) is 11.9. The number of carboxylic acids is 1. The van der Waals surface area contributed by atoms with Crippen molar-refractivity contribution in [2.45, 2.75) is 0 Å². The summed E-state index contributed by atoms with van der Waals surface area (Å²) in [4.78, 5) is 25.2. The Morgan fingerprint density at radius 1 is 1.16 bits per heavy atom. The van der Waals surface area contributed by atoms with Crippen LogP contribution in [0.25, 0.3) is 38.6 Å². The normalized spacial score (nSPS) is 14.1. The third-order valence-corrected chi connectivity index (χ3v) is 7.60. The van der Waals surface area contributed by atoms with Crippen molar-refractivity contribution in [3.8, 4) is 11.4 Å². The monoisotopic (exact) mass is 512 g/mol. The molecule has 0 bridgehead atoms. The first kappa shape index (κ1) is 23.1. The van der Waals surface area contributed by atoms with E-state index in [0.717, 1.165) is 67.9 Å². The molecule has 2 aromatic carbocycles. The molecule has 1 aliphatic heterocycles. The number of nitrogens with one attached hydrogen (secondary N) is 1. The summed E-state index contributed by atoms with van der Waals surface area (Å²) < 4.78 is 6.63. The predicted molar refractivity (Wildman–Crippen MR) is 147 cm³/mol. The van der Waals surface area contributed by atoms with Gasteiger partial charge in [-0.3, -0.25) is 5.10 Å². The summed E-state index contributed by atoms with van der Waals surface area (Å²) in [5, 5.41) is 18.1. The van der Waals surface area contributed by atoms with Gasteiger partial charge in [-0.25, -0.2) is 14.8 Å². The summed E-state index contributed by atoms with van der Waals surface area (Å²) in [6.45, 7) is 2.88. The molecule has 4 heterocycles. The molecule has 0 aliphatic carbocycles. The fourth-order valence-corrected chi connectivity index (χ4v) is 5.54. The third-order valence-electron chi connectivity index (χ3n) is 6.41. The van der Waals surface area contributed by atoms with E-state index in [4.69, 9.17) is 19.8 Å². The molecule has 0 amide bonds. The van der Waals surface area contributed by atoms with Crippen LogP contribution in [0.4, 0.5) is 16.5 Å². The summed E-state index contributed by atoms with van der Waals surface area (Å²) in [6, 6.07) is 15.9. The number of anilines is 3. The minimum atomic E-state index is -0.966. The number of aliphatic carboxylic acids is 1. The molecular weight excluding hydrogens is 488 g/mol. The van der Waals surface area contributed by atoms with E-state index in [1.165, 1.54) is 0 Å². The number of H-pyrrole nitrogens is 1. The molecule has 9 nitrogen and oxygen atoms in total. The number of ether oxygens (including phenoxy) is 1. The summed E-state index contributed by atoms with van der Waals surface area (Å²) in [6.07, 6.45) is 4.53. The Morgan fingerprint density at radius 2 is 1.97 bits per heavy atom. The average molecular weight is 513 g/mol. The van der Waals surface area contributed by atoms with Gasteiger partial charge in [-0.2, -0.15) is 5.10 Å². The van der Waals surface area contributed by atoms with Gasteiger partial charge in [0, 0.05) is 42.9 Å². The molecular formula is C27H24N6O3S. The molecule has 1 aliphatic rings. The molecule has 3 aromatic heterocycles. The Hall–Kier alpha value is -4.28. The van der Waals surface area contributed by atoms with Gasteiger partial charge in [0.25, 0.3) is 0 Å². The highest BCUT2D eigenvalue weighted by Crippen LogP contribution is 2.40. The van der Waals surface area contributed by atoms with Gasteiger partial charge in [-0.1, -0.05) is 24.3 Å². The Morgan fingerprint density at radius 3 is 2.76 bits per heavy atom. The highest BCUT2D eigenvalue weighted by atomic mass is 32.1. The van der Waals surface area contributed by atoms with Crippen LogP contribution in [0.15, 0.2) is 60.8 Å². The lowest BCUT2D eigenvalue weighted by Gasteiger charge is -2.28. The lowest BCUT2D eigenvalue weighted by molar-refractivity contribution is -0.131. The average Bonchev–Trinajstić information content (AvgIpc) is 3.59. The van der Waals surface area contributed by atoms with Crippen molar-refractivity contribution >= 4 is 61.0 Å². The van der Waals surface area contributed by atoms with Gasteiger partial charge in [0.15, 0.2) is 11.6 Å². The second-order valence-electron chi connectivity index (χ2n) is 8.73. The molecule has 10 heteroatoms.